The molecule has 0 fully saturated rings. The number of carbonyl (C=O) groups is 9. The van der Waals surface area contributed by atoms with Gasteiger partial charge in [-0.15, -0.1) is 0 Å². The van der Waals surface area contributed by atoms with Crippen LogP contribution in [0.2, 0.25) is 0 Å². The molecule has 2 heterocycles. The van der Waals surface area contributed by atoms with Crippen LogP contribution in [0.25, 0.3) is 10.9 Å². The Labute approximate surface area is 474 Å². The highest BCUT2D eigenvalue weighted by atomic mass is 16.4. The number of rotatable bonds is 35. The van der Waals surface area contributed by atoms with Crippen LogP contribution < -0.4 is 54.0 Å². The molecule has 15 N–H and O–H groups in total. The number of benzene rings is 2. The number of H-pyrrole nitrogens is 2. The van der Waals surface area contributed by atoms with Gasteiger partial charge in [0.2, 0.25) is 47.3 Å². The monoisotopic (exact) mass is 1130 g/mol. The molecule has 0 aliphatic rings. The zero-order valence-corrected chi connectivity index (χ0v) is 48.1. The van der Waals surface area contributed by atoms with Crippen molar-refractivity contribution in [1.29, 1.82) is 0 Å². The molecule has 2 aromatic carbocycles. The number of nitrogens with zero attached hydrogens (tertiary/aromatic N) is 1. The summed E-state index contributed by atoms with van der Waals surface area (Å²) < 4.78 is 0. The van der Waals surface area contributed by atoms with Crippen LogP contribution in [-0.2, 0) is 62.4 Å². The fourth-order valence-corrected chi connectivity index (χ4v) is 9.15. The van der Waals surface area contributed by atoms with Gasteiger partial charge in [-0.3, -0.25) is 38.4 Å². The Balaban J connectivity index is 1.59. The maximum atomic E-state index is 14.6. The number of fused-ring (bicyclic) bond motifs is 1. The number of aromatic nitrogens is 3. The molecule has 23 nitrogen and oxygen atoms in total. The number of amides is 8. The van der Waals surface area contributed by atoms with Crippen LogP contribution in [0.1, 0.15) is 117 Å². The first-order valence-corrected chi connectivity index (χ1v) is 28.1. The average Bonchev–Trinajstić information content (AvgIpc) is 4.11. The number of carbonyl (C=O) groups excluding carboxylic acids is 8. The number of hydrogen-bond acceptors (Lipinski definition) is 12. The predicted molar refractivity (Wildman–Crippen MR) is 307 cm³/mol. The predicted octanol–water partition coefficient (Wildman–Crippen LogP) is 2.15. The lowest BCUT2D eigenvalue weighted by atomic mass is 9.97. The van der Waals surface area contributed by atoms with Crippen molar-refractivity contribution in [1.82, 2.24) is 57.5 Å². The van der Waals surface area contributed by atoms with E-state index in [4.69, 9.17) is 11.5 Å². The van der Waals surface area contributed by atoms with Gasteiger partial charge in [0.05, 0.1) is 18.9 Å². The number of carboxylic acid groups (broad SMARTS) is 1. The first-order chi connectivity index (χ1) is 38.5. The van der Waals surface area contributed by atoms with E-state index in [2.05, 4.69) is 57.5 Å². The summed E-state index contributed by atoms with van der Waals surface area (Å²) in [5, 5.41) is 32.6. The van der Waals surface area contributed by atoms with Gasteiger partial charge in [-0.2, -0.15) is 0 Å². The minimum absolute atomic E-state index is 0.00351. The highest BCUT2D eigenvalue weighted by molar-refractivity contribution is 5.98. The number of nitrogens with one attached hydrogen (secondary N) is 10. The van der Waals surface area contributed by atoms with E-state index < -0.39 is 108 Å². The van der Waals surface area contributed by atoms with Crippen molar-refractivity contribution in [2.45, 2.75) is 168 Å². The third kappa shape index (κ3) is 22.1. The largest absolute Gasteiger partial charge is 0.480 e. The van der Waals surface area contributed by atoms with Gasteiger partial charge in [0.25, 0.3) is 0 Å². The minimum Gasteiger partial charge on any atom is -0.480 e. The number of aliphatic carboxylic acids is 1. The molecule has 23 heteroatoms. The maximum absolute atomic E-state index is 14.6. The highest BCUT2D eigenvalue weighted by Crippen LogP contribution is 2.20. The summed E-state index contributed by atoms with van der Waals surface area (Å²) in [7, 11) is 0. The van der Waals surface area contributed by atoms with Gasteiger partial charge < -0.3 is 69.1 Å². The van der Waals surface area contributed by atoms with Gasteiger partial charge in [0, 0.05) is 48.3 Å². The molecule has 4 rings (SSSR count). The van der Waals surface area contributed by atoms with Crippen molar-refractivity contribution < 1.29 is 48.3 Å². The molecule has 444 valence electrons. The fraction of sp³-hybridized carbons (Fsp3) is 0.552. The number of carboxylic acids is 1. The van der Waals surface area contributed by atoms with Gasteiger partial charge in [0.15, 0.2) is 0 Å². The number of hydrogen-bond donors (Lipinski definition) is 13. The molecule has 2 aromatic heterocycles. The molecule has 0 saturated carbocycles. The van der Waals surface area contributed by atoms with Crippen LogP contribution in [0.15, 0.2) is 73.3 Å². The molecule has 0 unspecified atom stereocenters. The summed E-state index contributed by atoms with van der Waals surface area (Å²) in [5.41, 5.74) is 14.5. The number of aromatic amines is 2. The SMILES string of the molecule is CC[C@H](C)[C@H](N)C(=O)N[C@@H](CC(C)C)C(=O)NCC(=O)N[C@@H](CCCCN)C(=O)N[C@@H](Cc1ccccc1)C(=O)N[C@@H](CC(C)C)C(=O)N[C@@H](Cc1cnc[nH]1)C(=O)N[C@@H](Cc1c[nH]c2ccccc12)C(=O)N[C@@H](CC(C)C)C(=O)O. The normalized spacial score (nSPS) is 14.8. The quantitative estimate of drug-likeness (QED) is 0.0294. The summed E-state index contributed by atoms with van der Waals surface area (Å²) in [6.45, 7) is 14.6. The van der Waals surface area contributed by atoms with Gasteiger partial charge in [-0.25, -0.2) is 9.78 Å². The second-order valence-corrected chi connectivity index (χ2v) is 22.2. The molecule has 81 heavy (non-hydrogen) atoms. The Morgan fingerprint density at radius 1 is 0.568 bits per heavy atom. The van der Waals surface area contributed by atoms with Crippen molar-refractivity contribution in [3.63, 3.8) is 0 Å². The van der Waals surface area contributed by atoms with Crippen molar-refractivity contribution >= 4 is 64.1 Å². The third-order valence-electron chi connectivity index (χ3n) is 13.8. The van der Waals surface area contributed by atoms with Crippen molar-refractivity contribution in [3.8, 4) is 0 Å². The summed E-state index contributed by atoms with van der Waals surface area (Å²) in [6.07, 6.45) is 6.50. The van der Waals surface area contributed by atoms with Crippen molar-refractivity contribution in [3.05, 3.63) is 90.1 Å². The Kier molecular flexibility index (Phi) is 27.0. The second-order valence-electron chi connectivity index (χ2n) is 22.2. The Morgan fingerprint density at radius 2 is 1.07 bits per heavy atom. The van der Waals surface area contributed by atoms with Crippen LogP contribution in [0.4, 0.5) is 0 Å². The molecule has 0 bridgehead atoms. The van der Waals surface area contributed by atoms with E-state index in [1.54, 1.807) is 36.5 Å². The molecule has 0 radical (unpaired) electrons. The molecule has 0 saturated heterocycles. The average molecular weight is 1130 g/mol. The van der Waals surface area contributed by atoms with Gasteiger partial charge >= 0.3 is 5.97 Å². The summed E-state index contributed by atoms with van der Waals surface area (Å²) >= 11 is 0. The lowest BCUT2D eigenvalue weighted by Crippen LogP contribution is -2.60. The molecule has 8 amide bonds. The first-order valence-electron chi connectivity index (χ1n) is 28.1. The topological polar surface area (TPSA) is 367 Å². The van der Waals surface area contributed by atoms with Crippen LogP contribution in [-0.4, -0.2) is 135 Å². The molecule has 9 atom stereocenters. The van der Waals surface area contributed by atoms with E-state index in [9.17, 15) is 48.3 Å². The lowest BCUT2D eigenvalue weighted by Gasteiger charge is -2.28. The Bertz CT molecular complexity index is 2680. The Morgan fingerprint density at radius 3 is 1.64 bits per heavy atom. The van der Waals surface area contributed by atoms with Gasteiger partial charge in [-0.1, -0.05) is 110 Å². The third-order valence-corrected chi connectivity index (χ3v) is 13.8. The zero-order valence-electron chi connectivity index (χ0n) is 48.1. The molecular weight excluding hydrogens is 1040 g/mol. The smallest absolute Gasteiger partial charge is 0.326 e. The number of nitrogens with two attached hydrogens (primary N) is 2. The van der Waals surface area contributed by atoms with Gasteiger partial charge in [0.1, 0.15) is 42.3 Å². The van der Waals surface area contributed by atoms with Crippen LogP contribution in [0, 0.1) is 23.7 Å². The zero-order chi connectivity index (χ0) is 59.8. The first kappa shape index (κ1) is 65.9. The van der Waals surface area contributed by atoms with E-state index in [-0.39, 0.29) is 68.6 Å². The van der Waals surface area contributed by atoms with E-state index >= 15 is 0 Å². The van der Waals surface area contributed by atoms with Crippen LogP contribution in [0.5, 0.6) is 0 Å². The summed E-state index contributed by atoms with van der Waals surface area (Å²) in [6, 6.07) is 6.65. The minimum atomic E-state index is -1.37. The Hall–Kier alpha value is -7.66. The van der Waals surface area contributed by atoms with Crippen molar-refractivity contribution in [2.75, 3.05) is 13.1 Å². The number of para-hydroxylation sites is 1. The maximum Gasteiger partial charge on any atom is 0.326 e. The fourth-order valence-electron chi connectivity index (χ4n) is 9.15. The molecule has 0 aliphatic heterocycles. The van der Waals surface area contributed by atoms with Crippen LogP contribution in [0.3, 0.4) is 0 Å². The molecule has 0 spiro atoms. The van der Waals surface area contributed by atoms with E-state index in [0.29, 0.717) is 42.6 Å². The standard InChI is InChI=1S/C58H87N13O10/c1-9-36(8)50(60)57(79)70-43(23-33(2)3)51(73)63-31-49(72)65-42(21-15-16-22-59)52(74)67-45(26-37-17-11-10-12-18-37)54(76)66-44(24-34(4)5)53(75)69-47(28-39-30-61-32-64-39)56(78)68-46(55(77)71-48(58(80)81)25-35(6)7)27-38-29-62-41-20-14-13-19-40(38)41/h10-14,17-20,29-30,32-36,42-48,50,62H,9,15-16,21-28,31,59-60H2,1-8H3,(H,61,64)(H,63,73)(H,65,72)(H,66,76)(H,67,74)(H,68,78)(H,69,75)(H,70,79)(H,71,77)(H,80,81)/t36-,42-,43-,44-,45-,46-,47-,48-,50-/m0/s1. The second kappa shape index (κ2) is 33.2. The lowest BCUT2D eigenvalue weighted by molar-refractivity contribution is -0.142. The van der Waals surface area contributed by atoms with Crippen LogP contribution >= 0.6 is 0 Å². The van der Waals surface area contributed by atoms with Gasteiger partial charge in [-0.05, 0) is 85.9 Å². The van der Waals surface area contributed by atoms with E-state index in [0.717, 1.165) is 10.9 Å². The number of imidazole rings is 1. The summed E-state index contributed by atoms with van der Waals surface area (Å²) in [5.74, 6) is -7.26. The summed E-state index contributed by atoms with van der Waals surface area (Å²) in [4.78, 5) is 135. The van der Waals surface area contributed by atoms with E-state index in [1.165, 1.54) is 12.5 Å². The van der Waals surface area contributed by atoms with Crippen molar-refractivity contribution in [2.24, 2.45) is 35.1 Å². The molecule has 4 aromatic rings. The molecule has 0 aliphatic carbocycles. The molecular formula is C58H87N13O10. The highest BCUT2D eigenvalue weighted by Gasteiger charge is 2.35. The van der Waals surface area contributed by atoms with E-state index in [1.807, 2.05) is 79.7 Å². The number of unbranched alkanes of at least 4 members (excludes halogenated alkanes) is 1.